The minimum atomic E-state index is -0.624. The second-order valence-corrected chi connectivity index (χ2v) is 6.69. The third-order valence-corrected chi connectivity index (χ3v) is 3.96. The lowest BCUT2D eigenvalue weighted by Crippen LogP contribution is -2.41. The summed E-state index contributed by atoms with van der Waals surface area (Å²) in [5, 5.41) is 0. The fourth-order valence-electron chi connectivity index (χ4n) is 2.54. The predicted octanol–water partition coefficient (Wildman–Crippen LogP) is 4.13. The van der Waals surface area contributed by atoms with Crippen molar-refractivity contribution in [2.45, 2.75) is 58.0 Å². The van der Waals surface area contributed by atoms with E-state index in [4.69, 9.17) is 4.74 Å². The summed E-state index contributed by atoms with van der Waals surface area (Å²) in [5.41, 5.74) is 1.50. The standard InChI is InChI=1S/C17H24O2/c1-16(2,3)14-9-7-13(8-10-14)15(18)17(4)11-5-6-12-19-17/h7-10H,5-6,11-12H2,1-4H3. The SMILES string of the molecule is CC1(C(=O)c2ccc(C(C)(C)C)cc2)CCCCO1. The summed E-state index contributed by atoms with van der Waals surface area (Å²) in [4.78, 5) is 12.6. The number of rotatable bonds is 2. The highest BCUT2D eigenvalue weighted by atomic mass is 16.5. The molecule has 104 valence electrons. The molecular weight excluding hydrogens is 236 g/mol. The van der Waals surface area contributed by atoms with Crippen molar-refractivity contribution in [2.24, 2.45) is 0 Å². The lowest BCUT2D eigenvalue weighted by atomic mass is 9.84. The molecular formula is C17H24O2. The Morgan fingerprint density at radius 3 is 2.26 bits per heavy atom. The van der Waals surface area contributed by atoms with E-state index < -0.39 is 5.60 Å². The molecule has 1 fully saturated rings. The lowest BCUT2D eigenvalue weighted by molar-refractivity contribution is -0.0426. The number of benzene rings is 1. The zero-order valence-corrected chi connectivity index (χ0v) is 12.5. The van der Waals surface area contributed by atoms with Crippen LogP contribution in [0.15, 0.2) is 24.3 Å². The van der Waals surface area contributed by atoms with Crippen molar-refractivity contribution in [1.82, 2.24) is 0 Å². The Kier molecular flexibility index (Phi) is 3.82. The molecule has 1 unspecified atom stereocenters. The number of hydrogen-bond acceptors (Lipinski definition) is 2. The first-order valence-corrected chi connectivity index (χ1v) is 7.12. The van der Waals surface area contributed by atoms with Crippen LogP contribution < -0.4 is 0 Å². The van der Waals surface area contributed by atoms with Crippen LogP contribution in [0.1, 0.15) is 62.9 Å². The van der Waals surface area contributed by atoms with Gasteiger partial charge in [-0.1, -0.05) is 45.0 Å². The van der Waals surface area contributed by atoms with Crippen molar-refractivity contribution in [3.05, 3.63) is 35.4 Å². The molecule has 1 aliphatic rings. The van der Waals surface area contributed by atoms with E-state index in [0.717, 1.165) is 24.8 Å². The van der Waals surface area contributed by atoms with Crippen molar-refractivity contribution in [2.75, 3.05) is 6.61 Å². The third-order valence-electron chi connectivity index (χ3n) is 3.96. The highest BCUT2D eigenvalue weighted by Gasteiger charge is 2.36. The molecule has 2 rings (SSSR count). The third kappa shape index (κ3) is 3.06. The molecule has 2 heteroatoms. The van der Waals surface area contributed by atoms with Gasteiger partial charge in [-0.2, -0.15) is 0 Å². The number of ketones is 1. The molecule has 1 aliphatic heterocycles. The highest BCUT2D eigenvalue weighted by molar-refractivity contribution is 6.02. The Labute approximate surface area is 116 Å². The van der Waals surface area contributed by atoms with Gasteiger partial charge in [-0.25, -0.2) is 0 Å². The second-order valence-electron chi connectivity index (χ2n) is 6.69. The summed E-state index contributed by atoms with van der Waals surface area (Å²) in [6.45, 7) is 9.15. The first-order valence-electron chi connectivity index (χ1n) is 7.12. The minimum absolute atomic E-state index is 0.118. The van der Waals surface area contributed by atoms with Gasteiger partial charge in [0.1, 0.15) is 5.60 Å². The van der Waals surface area contributed by atoms with Gasteiger partial charge in [0.15, 0.2) is 5.78 Å². The van der Waals surface area contributed by atoms with Gasteiger partial charge < -0.3 is 4.74 Å². The van der Waals surface area contributed by atoms with Crippen LogP contribution in [0.25, 0.3) is 0 Å². The molecule has 0 radical (unpaired) electrons. The number of hydrogen-bond donors (Lipinski definition) is 0. The average molecular weight is 260 g/mol. The van der Waals surface area contributed by atoms with Gasteiger partial charge in [0.25, 0.3) is 0 Å². The number of ether oxygens (including phenoxy) is 1. The normalized spacial score (nSPS) is 24.2. The van der Waals surface area contributed by atoms with Gasteiger partial charge in [-0.3, -0.25) is 4.79 Å². The molecule has 1 aromatic carbocycles. The van der Waals surface area contributed by atoms with Crippen molar-refractivity contribution in [3.8, 4) is 0 Å². The average Bonchev–Trinajstić information content (AvgIpc) is 2.38. The molecule has 0 bridgehead atoms. The van der Waals surface area contributed by atoms with Gasteiger partial charge in [0.2, 0.25) is 0 Å². The topological polar surface area (TPSA) is 26.3 Å². The summed E-state index contributed by atoms with van der Waals surface area (Å²) in [7, 11) is 0. The summed E-state index contributed by atoms with van der Waals surface area (Å²) >= 11 is 0. The highest BCUT2D eigenvalue weighted by Crippen LogP contribution is 2.29. The maximum atomic E-state index is 12.6. The zero-order valence-electron chi connectivity index (χ0n) is 12.5. The van der Waals surface area contributed by atoms with Crippen LogP contribution in [0.5, 0.6) is 0 Å². The number of carbonyl (C=O) groups is 1. The fraction of sp³-hybridized carbons (Fsp3) is 0.588. The largest absolute Gasteiger partial charge is 0.367 e. The predicted molar refractivity (Wildman–Crippen MR) is 77.7 cm³/mol. The smallest absolute Gasteiger partial charge is 0.194 e. The molecule has 0 amide bonds. The molecule has 0 N–H and O–H groups in total. The van der Waals surface area contributed by atoms with Gasteiger partial charge >= 0.3 is 0 Å². The van der Waals surface area contributed by atoms with Crippen LogP contribution in [0, 0.1) is 0 Å². The summed E-state index contributed by atoms with van der Waals surface area (Å²) in [5.74, 6) is 0.118. The number of carbonyl (C=O) groups excluding carboxylic acids is 1. The lowest BCUT2D eigenvalue weighted by Gasteiger charge is -2.32. The van der Waals surface area contributed by atoms with E-state index in [0.29, 0.717) is 6.61 Å². The molecule has 1 atom stereocenters. The van der Waals surface area contributed by atoms with E-state index in [9.17, 15) is 4.79 Å². The van der Waals surface area contributed by atoms with Gasteiger partial charge in [0, 0.05) is 12.2 Å². The van der Waals surface area contributed by atoms with E-state index in [1.54, 1.807) is 0 Å². The molecule has 1 saturated heterocycles. The molecule has 0 saturated carbocycles. The second kappa shape index (κ2) is 5.09. The summed E-state index contributed by atoms with van der Waals surface area (Å²) in [6.07, 6.45) is 2.96. The maximum Gasteiger partial charge on any atom is 0.194 e. The monoisotopic (exact) mass is 260 g/mol. The Bertz CT molecular complexity index is 445. The van der Waals surface area contributed by atoms with E-state index >= 15 is 0 Å². The molecule has 0 spiro atoms. The van der Waals surface area contributed by atoms with Gasteiger partial charge in [0.05, 0.1) is 0 Å². The van der Waals surface area contributed by atoms with E-state index in [1.165, 1.54) is 5.56 Å². The van der Waals surface area contributed by atoms with Crippen molar-refractivity contribution in [3.63, 3.8) is 0 Å². The van der Waals surface area contributed by atoms with Gasteiger partial charge in [-0.15, -0.1) is 0 Å². The fourth-order valence-corrected chi connectivity index (χ4v) is 2.54. The Balaban J connectivity index is 2.20. The first-order chi connectivity index (χ1) is 8.83. The van der Waals surface area contributed by atoms with Crippen molar-refractivity contribution >= 4 is 5.78 Å². The van der Waals surface area contributed by atoms with E-state index in [-0.39, 0.29) is 11.2 Å². The van der Waals surface area contributed by atoms with Crippen molar-refractivity contribution < 1.29 is 9.53 Å². The van der Waals surface area contributed by atoms with E-state index in [1.807, 2.05) is 19.1 Å². The van der Waals surface area contributed by atoms with Crippen LogP contribution in [0.2, 0.25) is 0 Å². The number of Topliss-reactive ketones (excluding diaryl/α,β-unsaturated/α-hetero) is 1. The Hall–Kier alpha value is -1.15. The van der Waals surface area contributed by atoms with Gasteiger partial charge in [-0.05, 0) is 37.2 Å². The van der Waals surface area contributed by atoms with Crippen LogP contribution in [-0.4, -0.2) is 18.0 Å². The summed E-state index contributed by atoms with van der Waals surface area (Å²) < 4.78 is 5.73. The van der Waals surface area contributed by atoms with Crippen LogP contribution in [0.3, 0.4) is 0 Å². The molecule has 1 aromatic rings. The first kappa shape index (κ1) is 14.3. The zero-order chi connectivity index (χ0) is 14.1. The Morgan fingerprint density at radius 1 is 1.16 bits per heavy atom. The van der Waals surface area contributed by atoms with E-state index in [2.05, 4.69) is 32.9 Å². The molecule has 19 heavy (non-hydrogen) atoms. The molecule has 2 nitrogen and oxygen atoms in total. The molecule has 1 heterocycles. The quantitative estimate of drug-likeness (QED) is 0.747. The van der Waals surface area contributed by atoms with Crippen LogP contribution in [0.4, 0.5) is 0 Å². The van der Waals surface area contributed by atoms with Crippen LogP contribution >= 0.6 is 0 Å². The summed E-state index contributed by atoms with van der Waals surface area (Å²) in [6, 6.07) is 7.98. The minimum Gasteiger partial charge on any atom is -0.367 e. The molecule has 0 aromatic heterocycles. The van der Waals surface area contributed by atoms with Crippen LogP contribution in [-0.2, 0) is 10.2 Å². The maximum absolute atomic E-state index is 12.6. The van der Waals surface area contributed by atoms with Crippen molar-refractivity contribution in [1.29, 1.82) is 0 Å². The Morgan fingerprint density at radius 2 is 1.79 bits per heavy atom. The molecule has 0 aliphatic carbocycles.